The lowest BCUT2D eigenvalue weighted by molar-refractivity contribution is -0.425. The molecule has 0 spiro atoms. The predicted molar refractivity (Wildman–Crippen MR) is 183 cm³/mol. The molecule has 1 unspecified atom stereocenters. The molecule has 272 valence electrons. The fourth-order valence-corrected chi connectivity index (χ4v) is 5.18. The van der Waals surface area contributed by atoms with Gasteiger partial charge in [-0.2, -0.15) is 0 Å². The Morgan fingerprint density at radius 3 is 2.08 bits per heavy atom. The summed E-state index contributed by atoms with van der Waals surface area (Å²) in [7, 11) is 0. The third-order valence-corrected chi connectivity index (χ3v) is 8.13. The van der Waals surface area contributed by atoms with Crippen molar-refractivity contribution >= 4 is 58.8 Å². The molecule has 0 saturated heterocycles. The quantitative estimate of drug-likeness (QED) is 0.0522. The largest absolute Gasteiger partial charge is 0.481 e. The highest BCUT2D eigenvalue weighted by molar-refractivity contribution is 7.80. The summed E-state index contributed by atoms with van der Waals surface area (Å²) in [6, 6.07) is 5.39. The SMILES string of the molecule is [NH3+]C(Cc1ccc(NC(=S)NCCCCCC(=O)N[C@@H](CCC(=O)O)C(=O)NCCCC[C@H](NC(=O)NCC(=O)O)C(=O)O)cc1)C1CC1. The lowest BCUT2D eigenvalue weighted by atomic mass is 10.0. The summed E-state index contributed by atoms with van der Waals surface area (Å²) in [4.78, 5) is 69.9. The van der Waals surface area contributed by atoms with E-state index in [1.165, 1.54) is 18.4 Å². The van der Waals surface area contributed by atoms with Gasteiger partial charge in [0.05, 0.1) is 6.04 Å². The second kappa shape index (κ2) is 22.2. The average Bonchev–Trinajstić information content (AvgIpc) is 3.89. The molecule has 0 aromatic heterocycles. The van der Waals surface area contributed by atoms with Crippen LogP contribution in [0.3, 0.4) is 0 Å². The fraction of sp³-hybridized carbons (Fsp3) is 0.594. The van der Waals surface area contributed by atoms with Gasteiger partial charge in [-0.3, -0.25) is 19.2 Å². The number of anilines is 1. The van der Waals surface area contributed by atoms with Crippen molar-refractivity contribution in [2.75, 3.05) is 25.0 Å². The van der Waals surface area contributed by atoms with Crippen LogP contribution in [0.15, 0.2) is 24.3 Å². The molecule has 1 aliphatic rings. The monoisotopic (exact) mass is 708 g/mol. The number of aliphatic carboxylic acids is 3. The van der Waals surface area contributed by atoms with E-state index in [2.05, 4.69) is 44.5 Å². The smallest absolute Gasteiger partial charge is 0.326 e. The highest BCUT2D eigenvalue weighted by atomic mass is 32.1. The van der Waals surface area contributed by atoms with Crippen molar-refractivity contribution in [3.8, 4) is 0 Å². The van der Waals surface area contributed by atoms with Crippen LogP contribution in [0.2, 0.25) is 0 Å². The number of carbonyl (C=O) groups is 6. The fourth-order valence-electron chi connectivity index (χ4n) is 4.96. The van der Waals surface area contributed by atoms with Crippen LogP contribution in [0.1, 0.15) is 76.2 Å². The van der Waals surface area contributed by atoms with Crippen molar-refractivity contribution < 1.29 is 49.8 Å². The van der Waals surface area contributed by atoms with Gasteiger partial charge in [0.25, 0.3) is 0 Å². The molecule has 0 aliphatic heterocycles. The second-order valence-electron chi connectivity index (χ2n) is 12.1. The number of quaternary nitrogens is 1. The van der Waals surface area contributed by atoms with E-state index in [4.69, 9.17) is 22.4 Å². The summed E-state index contributed by atoms with van der Waals surface area (Å²) in [5.74, 6) is -3.86. The Kier molecular flexibility index (Phi) is 18.4. The molecule has 12 N–H and O–H groups in total. The Labute approximate surface area is 290 Å². The summed E-state index contributed by atoms with van der Waals surface area (Å²) in [5, 5.41) is 43.2. The van der Waals surface area contributed by atoms with Crippen molar-refractivity contribution in [1.29, 1.82) is 0 Å². The number of thiocarbonyl (C=S) groups is 1. The maximum Gasteiger partial charge on any atom is 0.326 e. The van der Waals surface area contributed by atoms with E-state index in [9.17, 15) is 33.9 Å². The number of hydrogen-bond donors (Lipinski definition) is 10. The van der Waals surface area contributed by atoms with Gasteiger partial charge in [-0.1, -0.05) is 18.6 Å². The average molecular weight is 709 g/mol. The second-order valence-corrected chi connectivity index (χ2v) is 12.5. The van der Waals surface area contributed by atoms with E-state index in [1.54, 1.807) is 0 Å². The zero-order chi connectivity index (χ0) is 36.2. The Morgan fingerprint density at radius 2 is 1.45 bits per heavy atom. The van der Waals surface area contributed by atoms with Gasteiger partial charge in [0.15, 0.2) is 5.11 Å². The summed E-state index contributed by atoms with van der Waals surface area (Å²) < 4.78 is 0. The molecule has 17 heteroatoms. The van der Waals surface area contributed by atoms with Crippen LogP contribution in [0, 0.1) is 5.92 Å². The first kappa shape index (κ1) is 40.7. The Balaban J connectivity index is 1.63. The van der Waals surface area contributed by atoms with Crippen molar-refractivity contribution in [1.82, 2.24) is 26.6 Å². The summed E-state index contributed by atoms with van der Waals surface area (Å²) >= 11 is 5.38. The molecule has 2 rings (SSSR count). The normalized spacial score (nSPS) is 14.0. The maximum atomic E-state index is 12.7. The number of rotatable bonds is 24. The van der Waals surface area contributed by atoms with Gasteiger partial charge < -0.3 is 53.0 Å². The van der Waals surface area contributed by atoms with E-state index in [-0.39, 0.29) is 38.1 Å². The van der Waals surface area contributed by atoms with Crippen LogP contribution >= 0.6 is 12.2 Å². The Morgan fingerprint density at radius 1 is 0.776 bits per heavy atom. The van der Waals surface area contributed by atoms with E-state index >= 15 is 0 Å². The highest BCUT2D eigenvalue weighted by Gasteiger charge is 2.31. The minimum Gasteiger partial charge on any atom is -0.481 e. The lowest BCUT2D eigenvalue weighted by Crippen LogP contribution is -2.63. The lowest BCUT2D eigenvalue weighted by Gasteiger charge is -2.18. The third-order valence-electron chi connectivity index (χ3n) is 7.89. The van der Waals surface area contributed by atoms with E-state index in [1.807, 2.05) is 17.4 Å². The van der Waals surface area contributed by atoms with E-state index in [0.717, 1.165) is 30.9 Å². The standard InChI is InChI=1S/C32H49N7O9S/c33-23(21-10-11-21)18-20-8-12-22(13-9-20)37-32(49)35-17-4-1-2-7-26(40)38-24(14-15-27(41)42)29(45)34-16-5-3-6-25(30(46)47)39-31(48)36-19-28(43)44/h8-9,12-13,21,23-25H,1-7,10-11,14-19,33H2,(H,34,45)(H,38,40)(H,41,42)(H,43,44)(H,46,47)(H2,35,37,49)(H2,36,39,48)/p+1/t23?,24-,25-/m0/s1. The molecule has 1 aromatic carbocycles. The molecule has 0 radical (unpaired) electrons. The minimum absolute atomic E-state index is 0.0223. The van der Waals surface area contributed by atoms with E-state index < -0.39 is 48.5 Å². The number of nitrogens with one attached hydrogen (secondary N) is 6. The third kappa shape index (κ3) is 18.6. The number of unbranched alkanes of at least 4 members (excludes halogenated alkanes) is 3. The van der Waals surface area contributed by atoms with Crippen molar-refractivity contribution in [3.05, 3.63) is 29.8 Å². The first-order valence-electron chi connectivity index (χ1n) is 16.6. The van der Waals surface area contributed by atoms with Gasteiger partial charge in [-0.15, -0.1) is 0 Å². The molecule has 0 bridgehead atoms. The predicted octanol–water partition coefficient (Wildman–Crippen LogP) is 0.570. The zero-order valence-electron chi connectivity index (χ0n) is 27.6. The topological polar surface area (TPSA) is 263 Å². The number of urea groups is 1. The Bertz CT molecular complexity index is 1280. The van der Waals surface area contributed by atoms with Crippen LogP contribution in [0.4, 0.5) is 10.5 Å². The summed E-state index contributed by atoms with van der Waals surface area (Å²) in [5.41, 5.74) is 6.42. The first-order chi connectivity index (χ1) is 23.3. The molecule has 1 fully saturated rings. The number of carboxylic acids is 3. The molecule has 1 saturated carbocycles. The number of carbonyl (C=O) groups excluding carboxylic acids is 3. The van der Waals surface area contributed by atoms with Crippen molar-refractivity contribution in [2.24, 2.45) is 5.92 Å². The molecule has 49 heavy (non-hydrogen) atoms. The number of carboxylic acid groups (broad SMARTS) is 3. The molecule has 1 aliphatic carbocycles. The summed E-state index contributed by atoms with van der Waals surface area (Å²) in [6.07, 6.45) is 5.97. The van der Waals surface area contributed by atoms with Crippen LogP contribution < -0.4 is 37.6 Å². The molecular weight excluding hydrogens is 658 g/mol. The zero-order valence-corrected chi connectivity index (χ0v) is 28.4. The molecular formula is C32H50N7O9S+. The molecule has 16 nitrogen and oxygen atoms in total. The molecule has 3 atom stereocenters. The van der Waals surface area contributed by atoms with Crippen LogP contribution in [-0.4, -0.2) is 93.9 Å². The molecule has 4 amide bonds. The van der Waals surface area contributed by atoms with Gasteiger partial charge in [-0.05, 0) is 81.3 Å². The van der Waals surface area contributed by atoms with Crippen LogP contribution in [0.5, 0.6) is 0 Å². The van der Waals surface area contributed by atoms with Crippen molar-refractivity contribution in [3.63, 3.8) is 0 Å². The molecule has 0 heterocycles. The first-order valence-corrected chi connectivity index (χ1v) is 17.0. The van der Waals surface area contributed by atoms with Gasteiger partial charge in [0.1, 0.15) is 18.6 Å². The van der Waals surface area contributed by atoms with Gasteiger partial charge in [0, 0.05) is 44.0 Å². The van der Waals surface area contributed by atoms with Gasteiger partial charge >= 0.3 is 23.9 Å². The highest BCUT2D eigenvalue weighted by Crippen LogP contribution is 2.32. The van der Waals surface area contributed by atoms with Crippen LogP contribution in [0.25, 0.3) is 0 Å². The maximum absolute atomic E-state index is 12.7. The van der Waals surface area contributed by atoms with Crippen LogP contribution in [-0.2, 0) is 30.4 Å². The van der Waals surface area contributed by atoms with E-state index in [0.29, 0.717) is 37.0 Å². The van der Waals surface area contributed by atoms with Gasteiger partial charge in [0.2, 0.25) is 11.8 Å². The summed E-state index contributed by atoms with van der Waals surface area (Å²) in [6.45, 7) is 0.0755. The number of amides is 4. The van der Waals surface area contributed by atoms with Gasteiger partial charge in [-0.25, -0.2) is 9.59 Å². The molecule has 1 aromatic rings. The number of benzene rings is 1. The Hall–Kier alpha value is -4.51. The van der Waals surface area contributed by atoms with Crippen molar-refractivity contribution in [2.45, 2.75) is 95.2 Å². The minimum atomic E-state index is -1.30. The number of hydrogen-bond acceptors (Lipinski definition) is 7.